The molecule has 3 nitrogen and oxygen atoms in total. The Labute approximate surface area is 88.9 Å². The van der Waals surface area contributed by atoms with Crippen LogP contribution in [0.25, 0.3) is 0 Å². The summed E-state index contributed by atoms with van der Waals surface area (Å²) in [6, 6.07) is 9.59. The monoisotopic (exact) mass is 202 g/mol. The first-order chi connectivity index (χ1) is 7.18. The van der Waals surface area contributed by atoms with Crippen molar-refractivity contribution in [2.45, 2.75) is 12.1 Å². The van der Waals surface area contributed by atoms with Crippen LogP contribution in [0, 0.1) is 0 Å². The minimum atomic E-state index is -1.02. The number of rotatable bonds is 2. The molecule has 0 heterocycles. The highest BCUT2D eigenvalue weighted by Gasteiger charge is 2.23. The van der Waals surface area contributed by atoms with Gasteiger partial charge in [0, 0.05) is 17.8 Å². The molecule has 0 saturated heterocycles. The molecular weight excluding hydrogens is 188 g/mol. The highest BCUT2D eigenvalue weighted by atomic mass is 16.3. The molecule has 0 spiro atoms. The Kier molecular flexibility index (Phi) is 2.47. The van der Waals surface area contributed by atoms with Crippen molar-refractivity contribution >= 4 is 5.69 Å². The number of aliphatic hydroxyl groups is 1. The van der Waals surface area contributed by atoms with Gasteiger partial charge in [-0.1, -0.05) is 24.3 Å². The van der Waals surface area contributed by atoms with E-state index < -0.39 is 5.72 Å². The molecule has 0 aromatic heterocycles. The number of para-hydroxylation sites is 1. The predicted octanol–water partition coefficient (Wildman–Crippen LogP) is 1.59. The summed E-state index contributed by atoms with van der Waals surface area (Å²) in [5.41, 5.74) is 6.14. The molecule has 15 heavy (non-hydrogen) atoms. The molecule has 0 bridgehead atoms. The maximum absolute atomic E-state index is 10.1. The van der Waals surface area contributed by atoms with E-state index in [-0.39, 0.29) is 0 Å². The SMILES string of the molecule is NC1=CCC(O)(Nc2ccccc2)C=C1. The number of hydrogen-bond acceptors (Lipinski definition) is 3. The average Bonchev–Trinajstić information content (AvgIpc) is 2.24. The predicted molar refractivity (Wildman–Crippen MR) is 61.0 cm³/mol. The Morgan fingerprint density at radius 1 is 1.27 bits per heavy atom. The van der Waals surface area contributed by atoms with Crippen molar-refractivity contribution in [1.29, 1.82) is 0 Å². The molecule has 0 saturated carbocycles. The van der Waals surface area contributed by atoms with Gasteiger partial charge in [-0.2, -0.15) is 0 Å². The van der Waals surface area contributed by atoms with Crippen molar-refractivity contribution in [3.05, 3.63) is 54.3 Å². The molecular formula is C12H14N2O. The number of benzene rings is 1. The second-order valence-electron chi connectivity index (χ2n) is 3.66. The van der Waals surface area contributed by atoms with E-state index in [9.17, 15) is 5.11 Å². The van der Waals surface area contributed by atoms with Crippen molar-refractivity contribution < 1.29 is 5.11 Å². The summed E-state index contributed by atoms with van der Waals surface area (Å²) in [5, 5.41) is 13.2. The van der Waals surface area contributed by atoms with E-state index in [4.69, 9.17) is 5.73 Å². The van der Waals surface area contributed by atoms with E-state index in [1.165, 1.54) is 0 Å². The zero-order chi connectivity index (χ0) is 10.7. The van der Waals surface area contributed by atoms with Gasteiger partial charge in [0.15, 0.2) is 5.72 Å². The number of allylic oxidation sites excluding steroid dienone is 1. The van der Waals surface area contributed by atoms with Gasteiger partial charge in [0.05, 0.1) is 0 Å². The largest absolute Gasteiger partial charge is 0.399 e. The molecule has 1 aromatic rings. The quantitative estimate of drug-likeness (QED) is 0.638. The maximum atomic E-state index is 10.1. The molecule has 78 valence electrons. The van der Waals surface area contributed by atoms with E-state index in [0.717, 1.165) is 5.69 Å². The Hall–Kier alpha value is -1.74. The second-order valence-corrected chi connectivity index (χ2v) is 3.66. The number of nitrogens with one attached hydrogen (secondary N) is 1. The lowest BCUT2D eigenvalue weighted by Gasteiger charge is -2.28. The van der Waals surface area contributed by atoms with Gasteiger partial charge in [-0.05, 0) is 24.3 Å². The molecule has 0 radical (unpaired) electrons. The summed E-state index contributed by atoms with van der Waals surface area (Å²) >= 11 is 0. The molecule has 2 rings (SSSR count). The Bertz CT molecular complexity index is 397. The number of nitrogens with two attached hydrogens (primary N) is 1. The van der Waals surface area contributed by atoms with Gasteiger partial charge < -0.3 is 16.2 Å². The molecule has 0 aliphatic heterocycles. The summed E-state index contributed by atoms with van der Waals surface area (Å²) in [4.78, 5) is 0. The van der Waals surface area contributed by atoms with Gasteiger partial charge in [0.2, 0.25) is 0 Å². The Balaban J connectivity index is 2.10. The molecule has 1 aliphatic carbocycles. The van der Waals surface area contributed by atoms with Gasteiger partial charge in [0.1, 0.15) is 0 Å². The molecule has 0 fully saturated rings. The van der Waals surface area contributed by atoms with Crippen LogP contribution in [0.2, 0.25) is 0 Å². The smallest absolute Gasteiger partial charge is 0.158 e. The van der Waals surface area contributed by atoms with Gasteiger partial charge in [-0.15, -0.1) is 0 Å². The summed E-state index contributed by atoms with van der Waals surface area (Å²) in [6.07, 6.45) is 5.66. The Morgan fingerprint density at radius 3 is 2.60 bits per heavy atom. The molecule has 1 aliphatic rings. The lowest BCUT2D eigenvalue weighted by Crippen LogP contribution is -2.36. The first kappa shape index (κ1) is 9.80. The lowest BCUT2D eigenvalue weighted by molar-refractivity contribution is 0.123. The summed E-state index contributed by atoms with van der Waals surface area (Å²) < 4.78 is 0. The van der Waals surface area contributed by atoms with E-state index in [1.54, 1.807) is 18.2 Å². The first-order valence-electron chi connectivity index (χ1n) is 4.88. The second kappa shape index (κ2) is 3.79. The van der Waals surface area contributed by atoms with Crippen LogP contribution in [-0.2, 0) is 0 Å². The van der Waals surface area contributed by atoms with Crippen LogP contribution in [0.15, 0.2) is 54.3 Å². The van der Waals surface area contributed by atoms with Crippen molar-refractivity contribution in [2.75, 3.05) is 5.32 Å². The number of hydrogen-bond donors (Lipinski definition) is 3. The van der Waals surface area contributed by atoms with Crippen LogP contribution in [0.4, 0.5) is 5.69 Å². The fourth-order valence-electron chi connectivity index (χ4n) is 1.51. The number of anilines is 1. The van der Waals surface area contributed by atoms with E-state index >= 15 is 0 Å². The summed E-state index contributed by atoms with van der Waals surface area (Å²) in [5.74, 6) is 0. The van der Waals surface area contributed by atoms with Crippen molar-refractivity contribution in [1.82, 2.24) is 0 Å². The topological polar surface area (TPSA) is 58.3 Å². The van der Waals surface area contributed by atoms with E-state index in [0.29, 0.717) is 12.1 Å². The molecule has 4 N–H and O–H groups in total. The average molecular weight is 202 g/mol. The summed E-state index contributed by atoms with van der Waals surface area (Å²) in [7, 11) is 0. The van der Waals surface area contributed by atoms with E-state index in [2.05, 4.69) is 5.32 Å². The standard InChI is InChI=1S/C12H14N2O/c13-10-6-8-12(15,9-7-10)14-11-4-2-1-3-5-11/h1-8,14-15H,9,13H2. The fourth-order valence-corrected chi connectivity index (χ4v) is 1.51. The van der Waals surface area contributed by atoms with Crippen LogP contribution in [0.3, 0.4) is 0 Å². The third-order valence-corrected chi connectivity index (χ3v) is 2.34. The van der Waals surface area contributed by atoms with E-state index in [1.807, 2.05) is 30.3 Å². The normalized spacial score (nSPS) is 24.7. The van der Waals surface area contributed by atoms with Crippen LogP contribution < -0.4 is 11.1 Å². The lowest BCUT2D eigenvalue weighted by atomic mass is 10.0. The molecule has 3 heteroatoms. The molecule has 1 aromatic carbocycles. The fraction of sp³-hybridized carbons (Fsp3) is 0.167. The highest BCUT2D eigenvalue weighted by Crippen LogP contribution is 2.21. The third kappa shape index (κ3) is 2.39. The van der Waals surface area contributed by atoms with Crippen LogP contribution in [0.5, 0.6) is 0 Å². The Morgan fingerprint density at radius 2 is 2.00 bits per heavy atom. The molecule has 1 atom stereocenters. The molecule has 1 unspecified atom stereocenters. The van der Waals surface area contributed by atoms with Gasteiger partial charge in [-0.3, -0.25) is 0 Å². The minimum absolute atomic E-state index is 0.476. The van der Waals surface area contributed by atoms with Crippen molar-refractivity contribution in [3.8, 4) is 0 Å². The maximum Gasteiger partial charge on any atom is 0.158 e. The molecule has 0 amide bonds. The van der Waals surface area contributed by atoms with Crippen LogP contribution >= 0.6 is 0 Å². The van der Waals surface area contributed by atoms with Gasteiger partial charge in [-0.25, -0.2) is 0 Å². The van der Waals surface area contributed by atoms with Crippen molar-refractivity contribution in [2.24, 2.45) is 5.73 Å². The van der Waals surface area contributed by atoms with Crippen LogP contribution in [-0.4, -0.2) is 10.8 Å². The minimum Gasteiger partial charge on any atom is -0.399 e. The first-order valence-corrected chi connectivity index (χ1v) is 4.88. The van der Waals surface area contributed by atoms with Crippen molar-refractivity contribution in [3.63, 3.8) is 0 Å². The van der Waals surface area contributed by atoms with Gasteiger partial charge >= 0.3 is 0 Å². The van der Waals surface area contributed by atoms with Gasteiger partial charge in [0.25, 0.3) is 0 Å². The highest BCUT2D eigenvalue weighted by molar-refractivity contribution is 5.47. The summed E-state index contributed by atoms with van der Waals surface area (Å²) in [6.45, 7) is 0. The third-order valence-electron chi connectivity index (χ3n) is 2.34. The zero-order valence-electron chi connectivity index (χ0n) is 8.35. The zero-order valence-corrected chi connectivity index (χ0v) is 8.35. The van der Waals surface area contributed by atoms with Crippen LogP contribution in [0.1, 0.15) is 6.42 Å².